The largest absolute Gasteiger partial charge is 0.348 e. The van der Waals surface area contributed by atoms with Gasteiger partial charge in [-0.25, -0.2) is 8.42 Å². The number of halogens is 1. The molecule has 0 unspecified atom stereocenters. The molecular formula is C24H25BrN2O3S. The van der Waals surface area contributed by atoms with Crippen molar-refractivity contribution in [3.8, 4) is 0 Å². The van der Waals surface area contributed by atoms with Gasteiger partial charge in [0, 0.05) is 4.47 Å². The molecule has 3 aromatic carbocycles. The van der Waals surface area contributed by atoms with Crippen LogP contribution in [0.1, 0.15) is 29.7 Å². The second kappa shape index (κ2) is 9.66. The zero-order valence-corrected chi connectivity index (χ0v) is 20.1. The molecule has 0 radical (unpaired) electrons. The van der Waals surface area contributed by atoms with Gasteiger partial charge in [0.15, 0.2) is 0 Å². The number of amides is 1. The van der Waals surface area contributed by atoms with Crippen LogP contribution in [0, 0.1) is 13.8 Å². The van der Waals surface area contributed by atoms with E-state index in [4.69, 9.17) is 0 Å². The molecule has 0 aliphatic carbocycles. The average molecular weight is 501 g/mol. The molecule has 0 heterocycles. The number of hydrogen-bond acceptors (Lipinski definition) is 3. The van der Waals surface area contributed by atoms with Crippen molar-refractivity contribution >= 4 is 37.5 Å². The Hall–Kier alpha value is -2.64. The number of carbonyl (C=O) groups excluding carboxylic acids is 1. The Morgan fingerprint density at radius 1 is 1.00 bits per heavy atom. The second-order valence-corrected chi connectivity index (χ2v) is 10.2. The maximum atomic E-state index is 13.4. The fourth-order valence-corrected chi connectivity index (χ4v) is 5.29. The molecule has 0 fully saturated rings. The van der Waals surface area contributed by atoms with E-state index in [1.807, 2.05) is 32.9 Å². The van der Waals surface area contributed by atoms with Gasteiger partial charge < -0.3 is 5.32 Å². The molecule has 3 rings (SSSR count). The summed E-state index contributed by atoms with van der Waals surface area (Å²) in [6.07, 6.45) is 0. The van der Waals surface area contributed by atoms with E-state index in [9.17, 15) is 13.2 Å². The van der Waals surface area contributed by atoms with Crippen molar-refractivity contribution < 1.29 is 13.2 Å². The monoisotopic (exact) mass is 500 g/mol. The molecule has 0 aromatic heterocycles. The van der Waals surface area contributed by atoms with Crippen LogP contribution in [-0.2, 0) is 14.8 Å². The Bertz CT molecular complexity index is 1180. The number of carbonyl (C=O) groups is 1. The van der Waals surface area contributed by atoms with Crippen LogP contribution >= 0.6 is 15.9 Å². The van der Waals surface area contributed by atoms with Crippen molar-refractivity contribution in [3.05, 3.63) is 94.0 Å². The van der Waals surface area contributed by atoms with E-state index in [0.29, 0.717) is 5.69 Å². The smallest absolute Gasteiger partial charge is 0.264 e. The lowest BCUT2D eigenvalue weighted by molar-refractivity contribution is -0.120. The van der Waals surface area contributed by atoms with Gasteiger partial charge in [0.2, 0.25) is 5.91 Å². The zero-order valence-electron chi connectivity index (χ0n) is 17.7. The van der Waals surface area contributed by atoms with Crippen LogP contribution in [0.3, 0.4) is 0 Å². The van der Waals surface area contributed by atoms with E-state index in [2.05, 4.69) is 27.3 Å². The summed E-state index contributed by atoms with van der Waals surface area (Å²) in [7, 11) is -3.93. The van der Waals surface area contributed by atoms with Gasteiger partial charge in [0.25, 0.3) is 10.0 Å². The first-order chi connectivity index (χ1) is 14.7. The van der Waals surface area contributed by atoms with Crippen molar-refractivity contribution in [2.75, 3.05) is 10.8 Å². The Labute approximate surface area is 192 Å². The first-order valence-corrected chi connectivity index (χ1v) is 12.1. The highest BCUT2D eigenvalue weighted by atomic mass is 79.9. The fraction of sp³-hybridized carbons (Fsp3) is 0.208. The average Bonchev–Trinajstić information content (AvgIpc) is 2.72. The first-order valence-electron chi connectivity index (χ1n) is 9.88. The normalized spacial score (nSPS) is 12.3. The first kappa shape index (κ1) is 23.0. The van der Waals surface area contributed by atoms with Crippen LogP contribution < -0.4 is 9.62 Å². The number of anilines is 1. The number of benzene rings is 3. The minimum atomic E-state index is -3.93. The van der Waals surface area contributed by atoms with E-state index in [-0.39, 0.29) is 23.4 Å². The Balaban J connectivity index is 1.89. The predicted molar refractivity (Wildman–Crippen MR) is 128 cm³/mol. The lowest BCUT2D eigenvalue weighted by Gasteiger charge is -2.25. The minimum absolute atomic E-state index is 0.130. The van der Waals surface area contributed by atoms with E-state index < -0.39 is 10.0 Å². The van der Waals surface area contributed by atoms with Gasteiger partial charge in [-0.1, -0.05) is 64.0 Å². The van der Waals surface area contributed by atoms with Crippen LogP contribution in [0.2, 0.25) is 0 Å². The third kappa shape index (κ3) is 5.54. The predicted octanol–water partition coefficient (Wildman–Crippen LogP) is 5.14. The van der Waals surface area contributed by atoms with Gasteiger partial charge >= 0.3 is 0 Å². The molecule has 7 heteroatoms. The van der Waals surface area contributed by atoms with Gasteiger partial charge in [0.1, 0.15) is 6.54 Å². The maximum Gasteiger partial charge on any atom is 0.264 e. The van der Waals surface area contributed by atoms with Crippen LogP contribution in [0.25, 0.3) is 0 Å². The van der Waals surface area contributed by atoms with Crippen molar-refractivity contribution in [2.24, 2.45) is 0 Å². The van der Waals surface area contributed by atoms with Gasteiger partial charge in [0.05, 0.1) is 16.6 Å². The number of aryl methyl sites for hydroxylation is 2. The molecule has 0 spiro atoms. The van der Waals surface area contributed by atoms with E-state index in [0.717, 1.165) is 25.5 Å². The second-order valence-electron chi connectivity index (χ2n) is 7.45. The lowest BCUT2D eigenvalue weighted by Crippen LogP contribution is -2.41. The molecule has 1 N–H and O–H groups in total. The molecule has 162 valence electrons. The summed E-state index contributed by atoms with van der Waals surface area (Å²) in [5, 5.41) is 2.94. The standard InChI is InChI=1S/C24H25BrN2O3S/c1-17-12-13-23(18(2)14-17)19(3)26-24(28)16-27(21-9-7-8-20(25)15-21)31(29,30)22-10-5-4-6-11-22/h4-15,19H,16H2,1-3H3,(H,26,28)/t19-/m0/s1. The Morgan fingerprint density at radius 3 is 2.35 bits per heavy atom. The van der Waals surface area contributed by atoms with Crippen molar-refractivity contribution in [1.82, 2.24) is 5.32 Å². The van der Waals surface area contributed by atoms with Gasteiger partial charge in [-0.2, -0.15) is 0 Å². The molecule has 1 atom stereocenters. The van der Waals surface area contributed by atoms with Crippen LogP contribution in [-0.4, -0.2) is 20.9 Å². The van der Waals surface area contributed by atoms with E-state index in [1.54, 1.807) is 42.5 Å². The number of rotatable bonds is 7. The van der Waals surface area contributed by atoms with Crippen molar-refractivity contribution in [3.63, 3.8) is 0 Å². The zero-order chi connectivity index (χ0) is 22.6. The molecule has 0 saturated heterocycles. The number of nitrogens with one attached hydrogen (secondary N) is 1. The molecule has 1 amide bonds. The Morgan fingerprint density at radius 2 is 1.71 bits per heavy atom. The molecule has 0 aliphatic rings. The summed E-state index contributed by atoms with van der Waals surface area (Å²) >= 11 is 3.38. The summed E-state index contributed by atoms with van der Waals surface area (Å²) in [5.74, 6) is -0.382. The topological polar surface area (TPSA) is 66.5 Å². The van der Waals surface area contributed by atoms with Gasteiger partial charge in [-0.3, -0.25) is 9.10 Å². The summed E-state index contributed by atoms with van der Waals surface area (Å²) in [4.78, 5) is 13.1. The third-order valence-electron chi connectivity index (χ3n) is 4.98. The molecule has 5 nitrogen and oxygen atoms in total. The molecule has 31 heavy (non-hydrogen) atoms. The van der Waals surface area contributed by atoms with Crippen LogP contribution in [0.15, 0.2) is 82.2 Å². The summed E-state index contributed by atoms with van der Waals surface area (Å²) in [6.45, 7) is 5.58. The molecular weight excluding hydrogens is 476 g/mol. The number of nitrogens with zero attached hydrogens (tertiary/aromatic N) is 1. The molecule has 0 aliphatic heterocycles. The summed E-state index contributed by atoms with van der Waals surface area (Å²) in [6, 6.07) is 20.8. The van der Waals surface area contributed by atoms with Crippen molar-refractivity contribution in [1.29, 1.82) is 0 Å². The quantitative estimate of drug-likeness (QED) is 0.488. The number of hydrogen-bond donors (Lipinski definition) is 1. The third-order valence-corrected chi connectivity index (χ3v) is 7.27. The van der Waals surface area contributed by atoms with E-state index in [1.165, 1.54) is 12.1 Å². The fourth-order valence-electron chi connectivity index (χ4n) is 3.47. The molecule has 3 aromatic rings. The van der Waals surface area contributed by atoms with Crippen LogP contribution in [0.5, 0.6) is 0 Å². The SMILES string of the molecule is Cc1ccc([C@H](C)NC(=O)CN(c2cccc(Br)c2)S(=O)(=O)c2ccccc2)c(C)c1. The van der Waals surface area contributed by atoms with Crippen molar-refractivity contribution in [2.45, 2.75) is 31.7 Å². The number of sulfonamides is 1. The van der Waals surface area contributed by atoms with E-state index >= 15 is 0 Å². The van der Waals surface area contributed by atoms with Crippen LogP contribution in [0.4, 0.5) is 5.69 Å². The highest BCUT2D eigenvalue weighted by molar-refractivity contribution is 9.10. The van der Waals surface area contributed by atoms with Gasteiger partial charge in [-0.15, -0.1) is 0 Å². The maximum absolute atomic E-state index is 13.4. The van der Waals surface area contributed by atoms with Gasteiger partial charge in [-0.05, 0) is 62.2 Å². The highest BCUT2D eigenvalue weighted by Gasteiger charge is 2.27. The summed E-state index contributed by atoms with van der Waals surface area (Å²) in [5.41, 5.74) is 3.63. The Kier molecular flexibility index (Phi) is 7.18. The summed E-state index contributed by atoms with van der Waals surface area (Å²) < 4.78 is 28.6. The molecule has 0 bridgehead atoms. The minimum Gasteiger partial charge on any atom is -0.348 e. The lowest BCUT2D eigenvalue weighted by atomic mass is 10.0. The highest BCUT2D eigenvalue weighted by Crippen LogP contribution is 2.26. The molecule has 0 saturated carbocycles.